The standard InChI is InChI=1S/C10H14F2N2O3S/c1-18(16,17)6-2-3-8(7(13)4-6)14-5-9(15)10(11)12/h2-4,9-10,14-15H,5,13H2,1H3. The maximum absolute atomic E-state index is 12.1. The fraction of sp³-hybridized carbons (Fsp3) is 0.400. The molecular weight excluding hydrogens is 266 g/mol. The maximum atomic E-state index is 12.1. The van der Waals surface area contributed by atoms with Gasteiger partial charge in [0.1, 0.15) is 6.10 Å². The molecule has 1 atom stereocenters. The fourth-order valence-electron chi connectivity index (χ4n) is 1.24. The van der Waals surface area contributed by atoms with Crippen molar-refractivity contribution in [1.29, 1.82) is 0 Å². The summed E-state index contributed by atoms with van der Waals surface area (Å²) < 4.78 is 46.6. The zero-order valence-corrected chi connectivity index (χ0v) is 10.4. The Bertz CT molecular complexity index is 520. The van der Waals surface area contributed by atoms with Crippen LogP contribution < -0.4 is 11.1 Å². The van der Waals surface area contributed by atoms with E-state index in [1.165, 1.54) is 18.2 Å². The number of nitrogen functional groups attached to an aromatic ring is 1. The van der Waals surface area contributed by atoms with Crippen molar-refractivity contribution in [3.8, 4) is 0 Å². The van der Waals surface area contributed by atoms with Crippen molar-refractivity contribution in [2.45, 2.75) is 17.4 Å². The molecule has 0 radical (unpaired) electrons. The summed E-state index contributed by atoms with van der Waals surface area (Å²) >= 11 is 0. The lowest BCUT2D eigenvalue weighted by Gasteiger charge is -2.13. The minimum absolute atomic E-state index is 0.0416. The summed E-state index contributed by atoms with van der Waals surface area (Å²) in [6.45, 7) is -0.375. The second-order valence-corrected chi connectivity index (χ2v) is 5.82. The van der Waals surface area contributed by atoms with Crippen LogP contribution in [0.2, 0.25) is 0 Å². The normalized spacial score (nSPS) is 13.6. The van der Waals surface area contributed by atoms with Crippen molar-refractivity contribution in [2.24, 2.45) is 0 Å². The van der Waals surface area contributed by atoms with E-state index in [9.17, 15) is 17.2 Å². The third-order valence-electron chi connectivity index (χ3n) is 2.24. The lowest BCUT2D eigenvalue weighted by Crippen LogP contribution is -2.27. The average molecular weight is 280 g/mol. The third kappa shape index (κ3) is 3.81. The maximum Gasteiger partial charge on any atom is 0.265 e. The van der Waals surface area contributed by atoms with Crippen molar-refractivity contribution < 1.29 is 22.3 Å². The zero-order chi connectivity index (χ0) is 13.9. The number of aliphatic hydroxyl groups excluding tert-OH is 1. The molecule has 0 aliphatic rings. The van der Waals surface area contributed by atoms with Crippen LogP contribution in [0.3, 0.4) is 0 Å². The Morgan fingerprint density at radius 2 is 2.06 bits per heavy atom. The van der Waals surface area contributed by atoms with Gasteiger partial charge < -0.3 is 16.2 Å². The Hall–Kier alpha value is -1.41. The van der Waals surface area contributed by atoms with E-state index in [-0.39, 0.29) is 17.1 Å². The number of benzene rings is 1. The van der Waals surface area contributed by atoms with Crippen LogP contribution in [0.4, 0.5) is 20.2 Å². The molecule has 0 aliphatic carbocycles. The molecule has 0 aromatic heterocycles. The highest BCUT2D eigenvalue weighted by Gasteiger charge is 2.17. The van der Waals surface area contributed by atoms with Gasteiger partial charge in [0.15, 0.2) is 9.84 Å². The van der Waals surface area contributed by atoms with Gasteiger partial charge in [0.2, 0.25) is 0 Å². The quantitative estimate of drug-likeness (QED) is 0.691. The van der Waals surface area contributed by atoms with E-state index in [1.807, 2.05) is 0 Å². The summed E-state index contributed by atoms with van der Waals surface area (Å²) in [5, 5.41) is 11.4. The van der Waals surface area contributed by atoms with Crippen molar-refractivity contribution in [3.05, 3.63) is 18.2 Å². The molecule has 1 rings (SSSR count). The van der Waals surface area contributed by atoms with Gasteiger partial charge in [0, 0.05) is 12.8 Å². The number of sulfone groups is 1. The van der Waals surface area contributed by atoms with Gasteiger partial charge in [0.05, 0.1) is 16.3 Å². The smallest absolute Gasteiger partial charge is 0.265 e. The lowest BCUT2D eigenvalue weighted by atomic mass is 10.2. The Morgan fingerprint density at radius 3 is 2.50 bits per heavy atom. The number of aliphatic hydroxyl groups is 1. The molecule has 1 aromatic rings. The summed E-state index contributed by atoms with van der Waals surface area (Å²) in [6, 6.07) is 3.90. The molecule has 102 valence electrons. The van der Waals surface area contributed by atoms with E-state index in [4.69, 9.17) is 10.8 Å². The SMILES string of the molecule is CS(=O)(=O)c1ccc(NCC(O)C(F)F)c(N)c1. The highest BCUT2D eigenvalue weighted by molar-refractivity contribution is 7.90. The molecule has 1 unspecified atom stereocenters. The summed E-state index contributed by atoms with van der Waals surface area (Å²) in [4.78, 5) is 0.0416. The van der Waals surface area contributed by atoms with Crippen LogP contribution in [0.1, 0.15) is 0 Å². The van der Waals surface area contributed by atoms with Gasteiger partial charge in [-0.25, -0.2) is 17.2 Å². The first-order valence-corrected chi connectivity index (χ1v) is 6.90. The average Bonchev–Trinajstić information content (AvgIpc) is 2.25. The van der Waals surface area contributed by atoms with Crippen LogP contribution in [0, 0.1) is 0 Å². The third-order valence-corrected chi connectivity index (χ3v) is 3.35. The van der Waals surface area contributed by atoms with Gasteiger partial charge in [0.25, 0.3) is 6.43 Å². The molecule has 0 aliphatic heterocycles. The molecule has 8 heteroatoms. The minimum Gasteiger partial charge on any atom is -0.397 e. The molecule has 0 bridgehead atoms. The summed E-state index contributed by atoms with van der Waals surface area (Å²) in [5.41, 5.74) is 5.99. The highest BCUT2D eigenvalue weighted by Crippen LogP contribution is 2.22. The summed E-state index contributed by atoms with van der Waals surface area (Å²) in [7, 11) is -3.36. The number of nitrogens with one attached hydrogen (secondary N) is 1. The van der Waals surface area contributed by atoms with Gasteiger partial charge in [-0.05, 0) is 18.2 Å². The molecule has 0 fully saturated rings. The number of halogens is 2. The molecule has 0 saturated carbocycles. The zero-order valence-electron chi connectivity index (χ0n) is 9.60. The number of alkyl halides is 2. The predicted molar refractivity (Wildman–Crippen MR) is 64.5 cm³/mol. The van der Waals surface area contributed by atoms with Crippen LogP contribution in [-0.2, 0) is 9.84 Å². The van der Waals surface area contributed by atoms with Gasteiger partial charge in [-0.2, -0.15) is 0 Å². The van der Waals surface area contributed by atoms with Crippen molar-refractivity contribution in [3.63, 3.8) is 0 Å². The Morgan fingerprint density at radius 1 is 1.44 bits per heavy atom. The lowest BCUT2D eigenvalue weighted by molar-refractivity contribution is 0.00385. The van der Waals surface area contributed by atoms with Crippen LogP contribution in [0.15, 0.2) is 23.1 Å². The molecule has 0 spiro atoms. The van der Waals surface area contributed by atoms with E-state index in [1.54, 1.807) is 0 Å². The molecular formula is C10H14F2N2O3S. The largest absolute Gasteiger partial charge is 0.397 e. The van der Waals surface area contributed by atoms with Crippen LogP contribution >= 0.6 is 0 Å². The number of hydrogen-bond donors (Lipinski definition) is 3. The van der Waals surface area contributed by atoms with E-state index >= 15 is 0 Å². The topological polar surface area (TPSA) is 92.4 Å². The fourth-order valence-corrected chi connectivity index (χ4v) is 1.89. The molecule has 4 N–H and O–H groups in total. The van der Waals surface area contributed by atoms with Gasteiger partial charge >= 0.3 is 0 Å². The molecule has 0 amide bonds. The Labute approximate surface area is 104 Å². The molecule has 1 aromatic carbocycles. The second-order valence-electron chi connectivity index (χ2n) is 3.80. The minimum atomic E-state index is -3.36. The van der Waals surface area contributed by atoms with Gasteiger partial charge in [-0.3, -0.25) is 0 Å². The van der Waals surface area contributed by atoms with E-state index < -0.39 is 22.4 Å². The van der Waals surface area contributed by atoms with Crippen molar-refractivity contribution >= 4 is 21.2 Å². The van der Waals surface area contributed by atoms with Crippen molar-refractivity contribution in [1.82, 2.24) is 0 Å². The molecule has 0 heterocycles. The van der Waals surface area contributed by atoms with Gasteiger partial charge in [-0.1, -0.05) is 0 Å². The number of hydrogen-bond acceptors (Lipinski definition) is 5. The first-order valence-electron chi connectivity index (χ1n) is 5.01. The predicted octanol–water partition coefficient (Wildman–Crippen LogP) is 0.710. The molecule has 18 heavy (non-hydrogen) atoms. The Kier molecular flexibility index (Phi) is 4.47. The first kappa shape index (κ1) is 14.7. The second kappa shape index (κ2) is 5.49. The molecule has 0 saturated heterocycles. The first-order chi connectivity index (χ1) is 8.21. The summed E-state index contributed by atoms with van der Waals surface area (Å²) in [5.74, 6) is 0. The Balaban J connectivity index is 2.81. The number of nitrogens with two attached hydrogens (primary N) is 1. The number of anilines is 2. The van der Waals surface area contributed by atoms with Gasteiger partial charge in [-0.15, -0.1) is 0 Å². The van der Waals surface area contributed by atoms with Crippen molar-refractivity contribution in [2.75, 3.05) is 23.9 Å². The molecule has 5 nitrogen and oxygen atoms in total. The van der Waals surface area contributed by atoms with Crippen LogP contribution in [0.25, 0.3) is 0 Å². The van der Waals surface area contributed by atoms with Crippen LogP contribution in [0.5, 0.6) is 0 Å². The monoisotopic (exact) mass is 280 g/mol. The summed E-state index contributed by atoms with van der Waals surface area (Å²) in [6.07, 6.45) is -3.62. The highest BCUT2D eigenvalue weighted by atomic mass is 32.2. The number of rotatable bonds is 5. The van der Waals surface area contributed by atoms with Crippen LogP contribution in [-0.4, -0.2) is 38.9 Å². The van der Waals surface area contributed by atoms with E-state index in [2.05, 4.69) is 5.32 Å². The van der Waals surface area contributed by atoms with E-state index in [0.29, 0.717) is 5.69 Å². The van der Waals surface area contributed by atoms with E-state index in [0.717, 1.165) is 6.26 Å².